The van der Waals surface area contributed by atoms with Gasteiger partial charge in [-0.1, -0.05) is 13.8 Å². The van der Waals surface area contributed by atoms with Crippen molar-refractivity contribution in [1.82, 2.24) is 9.80 Å². The lowest BCUT2D eigenvalue weighted by molar-refractivity contribution is -0.125. The molecule has 2 heterocycles. The van der Waals surface area contributed by atoms with Crippen molar-refractivity contribution in [2.75, 3.05) is 32.7 Å². The van der Waals surface area contributed by atoms with Gasteiger partial charge in [-0.25, -0.2) is 0 Å². The van der Waals surface area contributed by atoms with E-state index < -0.39 is 0 Å². The summed E-state index contributed by atoms with van der Waals surface area (Å²) >= 11 is 1.55. The van der Waals surface area contributed by atoms with Gasteiger partial charge in [-0.3, -0.25) is 4.79 Å². The highest BCUT2D eigenvalue weighted by Crippen LogP contribution is 2.16. The second-order valence-corrected chi connectivity index (χ2v) is 7.16. The summed E-state index contributed by atoms with van der Waals surface area (Å²) in [6.07, 6.45) is 4.55. The number of aliphatic hydroxyl groups is 1. The van der Waals surface area contributed by atoms with Gasteiger partial charge in [-0.2, -0.15) is 0 Å². The maximum absolute atomic E-state index is 12.3. The van der Waals surface area contributed by atoms with Crippen LogP contribution in [0.3, 0.4) is 0 Å². The zero-order valence-electron chi connectivity index (χ0n) is 13.5. The van der Waals surface area contributed by atoms with Crippen molar-refractivity contribution in [1.29, 1.82) is 0 Å². The van der Waals surface area contributed by atoms with Crippen molar-refractivity contribution in [3.8, 4) is 0 Å². The first-order valence-corrected chi connectivity index (χ1v) is 8.84. The average molecular weight is 322 g/mol. The van der Waals surface area contributed by atoms with Crippen molar-refractivity contribution >= 4 is 23.3 Å². The summed E-state index contributed by atoms with van der Waals surface area (Å²) in [4.78, 5) is 17.7. The molecule has 0 aromatic carbocycles. The minimum absolute atomic E-state index is 0.0517. The molecule has 0 unspecified atom stereocenters. The maximum atomic E-state index is 12.3. The Morgan fingerprint density at radius 3 is 2.86 bits per heavy atom. The second kappa shape index (κ2) is 8.46. The molecule has 2 rings (SSSR count). The predicted molar refractivity (Wildman–Crippen MR) is 91.8 cm³/mol. The molecule has 1 aliphatic heterocycles. The average Bonchev–Trinajstić information content (AvgIpc) is 2.83. The van der Waals surface area contributed by atoms with E-state index in [2.05, 4.69) is 18.7 Å². The Morgan fingerprint density at radius 2 is 2.18 bits per heavy atom. The Hall–Kier alpha value is -1.17. The van der Waals surface area contributed by atoms with Gasteiger partial charge in [0.1, 0.15) is 0 Å². The van der Waals surface area contributed by atoms with E-state index in [1.165, 1.54) is 0 Å². The fraction of sp³-hybridized carbons (Fsp3) is 0.588. The number of amides is 1. The van der Waals surface area contributed by atoms with Gasteiger partial charge in [0.25, 0.3) is 0 Å². The van der Waals surface area contributed by atoms with Gasteiger partial charge >= 0.3 is 0 Å². The Kier molecular flexibility index (Phi) is 6.61. The lowest BCUT2D eigenvalue weighted by atomic mass is 10.2. The van der Waals surface area contributed by atoms with Crippen molar-refractivity contribution in [3.63, 3.8) is 0 Å². The summed E-state index contributed by atoms with van der Waals surface area (Å²) in [6.45, 7) is 9.32. The Labute approximate surface area is 137 Å². The first kappa shape index (κ1) is 17.2. The smallest absolute Gasteiger partial charge is 0.246 e. The van der Waals surface area contributed by atoms with Crippen molar-refractivity contribution in [2.45, 2.75) is 26.9 Å². The molecular formula is C17H26N2O2S. The SMILES string of the molecule is CC(C)CN1CCCN(C(=O)/C=C/c2cc(CO)cs2)CC1. The minimum Gasteiger partial charge on any atom is -0.392 e. The van der Waals surface area contributed by atoms with E-state index in [1.807, 2.05) is 22.4 Å². The lowest BCUT2D eigenvalue weighted by Crippen LogP contribution is -2.35. The van der Waals surface area contributed by atoms with Crippen LogP contribution >= 0.6 is 11.3 Å². The molecule has 1 aliphatic rings. The van der Waals surface area contributed by atoms with Crippen molar-refractivity contribution < 1.29 is 9.90 Å². The monoisotopic (exact) mass is 322 g/mol. The minimum atomic E-state index is 0.0517. The van der Waals surface area contributed by atoms with Gasteiger partial charge in [0.05, 0.1) is 6.61 Å². The van der Waals surface area contributed by atoms with E-state index in [0.29, 0.717) is 5.92 Å². The third-order valence-electron chi connectivity index (χ3n) is 3.77. The summed E-state index contributed by atoms with van der Waals surface area (Å²) in [5.41, 5.74) is 0.899. The van der Waals surface area contributed by atoms with Crippen LogP contribution in [0.4, 0.5) is 0 Å². The quantitative estimate of drug-likeness (QED) is 0.847. The molecule has 4 nitrogen and oxygen atoms in total. The third-order valence-corrected chi connectivity index (χ3v) is 4.72. The third kappa shape index (κ3) is 5.23. The lowest BCUT2D eigenvalue weighted by Gasteiger charge is -2.22. The number of hydrogen-bond acceptors (Lipinski definition) is 4. The molecule has 0 bridgehead atoms. The molecule has 1 fully saturated rings. The number of rotatable bonds is 5. The largest absolute Gasteiger partial charge is 0.392 e. The zero-order valence-corrected chi connectivity index (χ0v) is 14.3. The van der Waals surface area contributed by atoms with Gasteiger partial charge < -0.3 is 14.9 Å². The molecule has 1 saturated heterocycles. The van der Waals surface area contributed by atoms with E-state index in [-0.39, 0.29) is 12.5 Å². The van der Waals surface area contributed by atoms with E-state index in [0.717, 1.165) is 49.6 Å². The Balaban J connectivity index is 1.87. The van der Waals surface area contributed by atoms with E-state index in [1.54, 1.807) is 17.4 Å². The number of aliphatic hydroxyl groups excluding tert-OH is 1. The summed E-state index contributed by atoms with van der Waals surface area (Å²) in [5.74, 6) is 0.757. The van der Waals surface area contributed by atoms with Crippen molar-refractivity contribution in [3.05, 3.63) is 28.0 Å². The van der Waals surface area contributed by atoms with Crippen molar-refractivity contribution in [2.24, 2.45) is 5.92 Å². The molecule has 0 radical (unpaired) electrons. The molecule has 22 heavy (non-hydrogen) atoms. The van der Waals surface area contributed by atoms with E-state index in [9.17, 15) is 4.79 Å². The molecule has 5 heteroatoms. The van der Waals surface area contributed by atoms with Gasteiger partial charge in [0, 0.05) is 37.1 Å². The highest BCUT2D eigenvalue weighted by molar-refractivity contribution is 7.11. The van der Waals surface area contributed by atoms with E-state index in [4.69, 9.17) is 5.11 Å². The molecule has 1 N–H and O–H groups in total. The first-order valence-electron chi connectivity index (χ1n) is 7.96. The summed E-state index contributed by atoms with van der Waals surface area (Å²) < 4.78 is 0. The van der Waals surface area contributed by atoms with Gasteiger partial charge in [0.2, 0.25) is 5.91 Å². The van der Waals surface area contributed by atoms with Crippen LogP contribution < -0.4 is 0 Å². The standard InChI is InChI=1S/C17H26N2O2S/c1-14(2)11-18-6-3-7-19(9-8-18)17(21)5-4-16-10-15(12-20)13-22-16/h4-5,10,13-14,20H,3,6-9,11-12H2,1-2H3/b5-4+. The number of nitrogens with zero attached hydrogens (tertiary/aromatic N) is 2. The first-order chi connectivity index (χ1) is 10.6. The van der Waals surface area contributed by atoms with Crippen LogP contribution in [0.25, 0.3) is 6.08 Å². The molecule has 0 atom stereocenters. The number of hydrogen-bond donors (Lipinski definition) is 1. The van der Waals surface area contributed by atoms with Gasteiger partial charge in [-0.05, 0) is 42.0 Å². The normalized spacial score (nSPS) is 17.4. The molecule has 0 saturated carbocycles. The van der Waals surface area contributed by atoms with Gasteiger partial charge in [-0.15, -0.1) is 11.3 Å². The van der Waals surface area contributed by atoms with Crippen LogP contribution in [-0.2, 0) is 11.4 Å². The Bertz CT molecular complexity index is 511. The molecule has 1 aromatic rings. The fourth-order valence-electron chi connectivity index (χ4n) is 2.71. The van der Waals surface area contributed by atoms with Crippen LogP contribution in [0.1, 0.15) is 30.7 Å². The molecule has 1 amide bonds. The maximum Gasteiger partial charge on any atom is 0.246 e. The summed E-state index contributed by atoms with van der Waals surface area (Å²) in [7, 11) is 0. The Morgan fingerprint density at radius 1 is 1.36 bits per heavy atom. The van der Waals surface area contributed by atoms with Gasteiger partial charge in [0.15, 0.2) is 0 Å². The predicted octanol–water partition coefficient (Wildman–Crippen LogP) is 2.44. The van der Waals surface area contributed by atoms with Crippen LogP contribution in [0.15, 0.2) is 17.5 Å². The topological polar surface area (TPSA) is 43.8 Å². The molecule has 122 valence electrons. The summed E-state index contributed by atoms with van der Waals surface area (Å²) in [5, 5.41) is 11.0. The molecule has 0 spiro atoms. The zero-order chi connectivity index (χ0) is 15.9. The van der Waals surface area contributed by atoms with Crippen LogP contribution in [-0.4, -0.2) is 53.5 Å². The van der Waals surface area contributed by atoms with Crippen LogP contribution in [0.5, 0.6) is 0 Å². The molecule has 1 aromatic heterocycles. The highest BCUT2D eigenvalue weighted by Gasteiger charge is 2.17. The number of carbonyl (C=O) groups excluding carboxylic acids is 1. The van der Waals surface area contributed by atoms with Crippen LogP contribution in [0, 0.1) is 5.92 Å². The van der Waals surface area contributed by atoms with Crippen LogP contribution in [0.2, 0.25) is 0 Å². The highest BCUT2D eigenvalue weighted by atomic mass is 32.1. The second-order valence-electron chi connectivity index (χ2n) is 6.22. The van der Waals surface area contributed by atoms with E-state index >= 15 is 0 Å². The molecule has 0 aliphatic carbocycles. The number of thiophene rings is 1. The fourth-order valence-corrected chi connectivity index (χ4v) is 3.51. The molecular weight excluding hydrogens is 296 g/mol. The number of carbonyl (C=O) groups is 1. The summed E-state index contributed by atoms with van der Waals surface area (Å²) in [6, 6.07) is 1.92.